The molecule has 0 unspecified atom stereocenters. The van der Waals surface area contributed by atoms with E-state index in [1.165, 1.54) is 13.3 Å². The highest BCUT2D eigenvalue weighted by atomic mass is 16.5. The molecule has 0 saturated carbocycles. The van der Waals surface area contributed by atoms with Crippen molar-refractivity contribution < 1.29 is 23.8 Å². The summed E-state index contributed by atoms with van der Waals surface area (Å²) in [6.45, 7) is -0.222. The summed E-state index contributed by atoms with van der Waals surface area (Å²) in [6.07, 6.45) is 1.46. The molecule has 2 aromatic rings. The SMILES string of the molecule is COc1ccccc1NCC(=O)N/N=C\c1ccc(OCC(N)=O)c(OC)c1. The number of nitrogens with zero attached hydrogens (tertiary/aromatic N) is 1. The number of carbonyl (C=O) groups excluding carboxylic acids is 2. The minimum Gasteiger partial charge on any atom is -0.495 e. The quantitative estimate of drug-likeness (QED) is 0.415. The number of nitrogens with one attached hydrogen (secondary N) is 2. The Kier molecular flexibility index (Phi) is 7.64. The predicted molar refractivity (Wildman–Crippen MR) is 105 cm³/mol. The number of carbonyl (C=O) groups is 2. The lowest BCUT2D eigenvalue weighted by Gasteiger charge is -2.10. The Balaban J connectivity index is 1.89. The highest BCUT2D eigenvalue weighted by Crippen LogP contribution is 2.27. The lowest BCUT2D eigenvalue weighted by Crippen LogP contribution is -2.26. The van der Waals surface area contributed by atoms with E-state index < -0.39 is 5.91 Å². The number of anilines is 1. The Labute approximate surface area is 162 Å². The normalized spacial score (nSPS) is 10.4. The second kappa shape index (κ2) is 10.4. The van der Waals surface area contributed by atoms with Crippen LogP contribution in [0.1, 0.15) is 5.56 Å². The number of methoxy groups -OCH3 is 2. The number of primary amides is 1. The van der Waals surface area contributed by atoms with Crippen LogP contribution in [0.25, 0.3) is 0 Å². The van der Waals surface area contributed by atoms with E-state index in [0.29, 0.717) is 28.5 Å². The van der Waals surface area contributed by atoms with Crippen molar-refractivity contribution in [1.29, 1.82) is 0 Å². The third-order valence-electron chi connectivity index (χ3n) is 3.51. The Morgan fingerprint density at radius 1 is 1.07 bits per heavy atom. The molecule has 0 aromatic heterocycles. The molecule has 0 bridgehead atoms. The first kappa shape index (κ1) is 20.6. The minimum atomic E-state index is -0.586. The average Bonchev–Trinajstić information content (AvgIpc) is 2.71. The summed E-state index contributed by atoms with van der Waals surface area (Å²) in [7, 11) is 3.03. The van der Waals surface area contributed by atoms with Gasteiger partial charge in [-0.3, -0.25) is 9.59 Å². The predicted octanol–water partition coefficient (Wildman–Crippen LogP) is 1.13. The first-order valence-electron chi connectivity index (χ1n) is 8.31. The van der Waals surface area contributed by atoms with E-state index in [1.54, 1.807) is 31.4 Å². The third kappa shape index (κ3) is 6.20. The first-order valence-corrected chi connectivity index (χ1v) is 8.31. The number of hydrogen-bond acceptors (Lipinski definition) is 7. The van der Waals surface area contributed by atoms with Crippen molar-refractivity contribution in [2.24, 2.45) is 10.8 Å². The molecule has 4 N–H and O–H groups in total. The molecule has 9 heteroatoms. The van der Waals surface area contributed by atoms with Gasteiger partial charge >= 0.3 is 0 Å². The van der Waals surface area contributed by atoms with Gasteiger partial charge in [-0.05, 0) is 35.9 Å². The number of hydrazone groups is 1. The van der Waals surface area contributed by atoms with Gasteiger partial charge < -0.3 is 25.3 Å². The molecule has 2 aromatic carbocycles. The second-order valence-corrected chi connectivity index (χ2v) is 5.51. The molecule has 0 aliphatic rings. The number of hydrogen-bond donors (Lipinski definition) is 3. The molecule has 2 amide bonds. The van der Waals surface area contributed by atoms with Gasteiger partial charge in [-0.25, -0.2) is 5.43 Å². The van der Waals surface area contributed by atoms with Gasteiger partial charge in [0.15, 0.2) is 18.1 Å². The van der Waals surface area contributed by atoms with Crippen LogP contribution in [-0.4, -0.2) is 45.4 Å². The lowest BCUT2D eigenvalue weighted by molar-refractivity contribution is -0.120. The van der Waals surface area contributed by atoms with Crippen molar-refractivity contribution >= 4 is 23.7 Å². The molecule has 0 spiro atoms. The van der Waals surface area contributed by atoms with E-state index >= 15 is 0 Å². The number of nitrogens with two attached hydrogens (primary N) is 1. The fourth-order valence-corrected chi connectivity index (χ4v) is 2.22. The maximum absolute atomic E-state index is 11.9. The Morgan fingerprint density at radius 2 is 1.82 bits per heavy atom. The molecular weight excluding hydrogens is 364 g/mol. The first-order chi connectivity index (χ1) is 13.5. The summed E-state index contributed by atoms with van der Waals surface area (Å²) in [6, 6.07) is 12.2. The molecule has 9 nitrogen and oxygen atoms in total. The van der Waals surface area contributed by atoms with E-state index in [1.807, 2.05) is 18.2 Å². The average molecular weight is 386 g/mol. The van der Waals surface area contributed by atoms with Gasteiger partial charge in [-0.2, -0.15) is 5.10 Å². The van der Waals surface area contributed by atoms with Crippen LogP contribution >= 0.6 is 0 Å². The number of amides is 2. The van der Waals surface area contributed by atoms with Gasteiger partial charge in [0.1, 0.15) is 5.75 Å². The van der Waals surface area contributed by atoms with Crippen LogP contribution in [0.5, 0.6) is 17.2 Å². The molecule has 148 valence electrons. The molecule has 0 fully saturated rings. The summed E-state index contributed by atoms with van der Waals surface area (Å²) in [5.74, 6) is 0.523. The number of rotatable bonds is 10. The topological polar surface area (TPSA) is 124 Å². The minimum absolute atomic E-state index is 0.0287. The number of para-hydroxylation sites is 2. The highest BCUT2D eigenvalue weighted by molar-refractivity contribution is 5.85. The lowest BCUT2D eigenvalue weighted by atomic mass is 10.2. The van der Waals surface area contributed by atoms with E-state index in [4.69, 9.17) is 19.9 Å². The third-order valence-corrected chi connectivity index (χ3v) is 3.51. The van der Waals surface area contributed by atoms with Crippen LogP contribution in [0, 0.1) is 0 Å². The molecule has 28 heavy (non-hydrogen) atoms. The molecule has 0 saturated heterocycles. The van der Waals surface area contributed by atoms with E-state index in [-0.39, 0.29) is 19.1 Å². The Morgan fingerprint density at radius 3 is 2.54 bits per heavy atom. The van der Waals surface area contributed by atoms with Crippen molar-refractivity contribution in [2.75, 3.05) is 32.7 Å². The van der Waals surface area contributed by atoms with Crippen LogP contribution < -0.4 is 30.7 Å². The Bertz CT molecular complexity index is 854. The monoisotopic (exact) mass is 386 g/mol. The molecular formula is C19H22N4O5. The maximum atomic E-state index is 11.9. The van der Waals surface area contributed by atoms with E-state index in [0.717, 1.165) is 0 Å². The standard InChI is InChI=1S/C19H22N4O5/c1-26-15-6-4-3-5-14(15)21-11-19(25)23-22-10-13-7-8-16(17(9-13)27-2)28-12-18(20)24/h3-10,21H,11-12H2,1-2H3,(H2,20,24)(H,23,25)/b22-10-. The van der Waals surface area contributed by atoms with Crippen LogP contribution in [-0.2, 0) is 9.59 Å². The van der Waals surface area contributed by atoms with E-state index in [2.05, 4.69) is 15.8 Å². The summed E-state index contributed by atoms with van der Waals surface area (Å²) in [5.41, 5.74) is 8.86. The van der Waals surface area contributed by atoms with Crippen molar-refractivity contribution in [1.82, 2.24) is 5.43 Å². The summed E-state index contributed by atoms with van der Waals surface area (Å²) >= 11 is 0. The summed E-state index contributed by atoms with van der Waals surface area (Å²) in [5, 5.41) is 6.89. The van der Waals surface area contributed by atoms with Gasteiger partial charge in [0.2, 0.25) is 0 Å². The fourth-order valence-electron chi connectivity index (χ4n) is 2.22. The zero-order valence-corrected chi connectivity index (χ0v) is 15.6. The molecule has 0 aliphatic heterocycles. The van der Waals surface area contributed by atoms with Crippen molar-refractivity contribution in [3.05, 3.63) is 48.0 Å². The molecule has 0 atom stereocenters. The van der Waals surface area contributed by atoms with Crippen molar-refractivity contribution in [2.45, 2.75) is 0 Å². The van der Waals surface area contributed by atoms with Gasteiger partial charge in [-0.1, -0.05) is 12.1 Å². The Hall–Kier alpha value is -3.75. The molecule has 2 rings (SSSR count). The van der Waals surface area contributed by atoms with Crippen LogP contribution in [0.3, 0.4) is 0 Å². The zero-order valence-electron chi connectivity index (χ0n) is 15.6. The largest absolute Gasteiger partial charge is 0.495 e. The number of ether oxygens (including phenoxy) is 3. The molecule has 0 aliphatic carbocycles. The van der Waals surface area contributed by atoms with Gasteiger partial charge in [0.05, 0.1) is 32.7 Å². The summed E-state index contributed by atoms with van der Waals surface area (Å²) < 4.78 is 15.7. The van der Waals surface area contributed by atoms with E-state index in [9.17, 15) is 9.59 Å². The number of benzene rings is 2. The van der Waals surface area contributed by atoms with Crippen LogP contribution in [0.15, 0.2) is 47.6 Å². The van der Waals surface area contributed by atoms with Gasteiger partial charge in [0, 0.05) is 0 Å². The molecule has 0 heterocycles. The second-order valence-electron chi connectivity index (χ2n) is 5.51. The van der Waals surface area contributed by atoms with Gasteiger partial charge in [0.25, 0.3) is 11.8 Å². The van der Waals surface area contributed by atoms with Crippen molar-refractivity contribution in [3.63, 3.8) is 0 Å². The summed E-state index contributed by atoms with van der Waals surface area (Å²) in [4.78, 5) is 22.7. The smallest absolute Gasteiger partial charge is 0.259 e. The van der Waals surface area contributed by atoms with Crippen LogP contribution in [0.4, 0.5) is 5.69 Å². The zero-order chi connectivity index (χ0) is 20.4. The maximum Gasteiger partial charge on any atom is 0.259 e. The van der Waals surface area contributed by atoms with Crippen LogP contribution in [0.2, 0.25) is 0 Å². The fraction of sp³-hybridized carbons (Fsp3) is 0.211. The van der Waals surface area contributed by atoms with Crippen molar-refractivity contribution in [3.8, 4) is 17.2 Å². The molecule has 0 radical (unpaired) electrons. The van der Waals surface area contributed by atoms with Gasteiger partial charge in [-0.15, -0.1) is 0 Å². The highest BCUT2D eigenvalue weighted by Gasteiger charge is 2.07.